The van der Waals surface area contributed by atoms with Crippen LogP contribution in [0.25, 0.3) is 0 Å². The first kappa shape index (κ1) is 22.4. The summed E-state index contributed by atoms with van der Waals surface area (Å²) >= 11 is 0. The van der Waals surface area contributed by atoms with Crippen LogP contribution in [-0.4, -0.2) is 56.4 Å². The van der Waals surface area contributed by atoms with Crippen molar-refractivity contribution in [3.63, 3.8) is 0 Å². The van der Waals surface area contributed by atoms with Gasteiger partial charge in [-0.3, -0.25) is 19.1 Å². The van der Waals surface area contributed by atoms with E-state index >= 15 is 0 Å². The lowest BCUT2D eigenvalue weighted by Crippen LogP contribution is -2.59. The van der Waals surface area contributed by atoms with Gasteiger partial charge in [0, 0.05) is 43.4 Å². The Bertz CT molecular complexity index is 1110. The molecule has 2 aliphatic rings. The molecule has 0 aliphatic carbocycles. The molecule has 4 N–H and O–H groups in total. The van der Waals surface area contributed by atoms with Crippen LogP contribution in [0.15, 0.2) is 40.1 Å². The van der Waals surface area contributed by atoms with Crippen LogP contribution in [0.1, 0.15) is 53.7 Å². The lowest BCUT2D eigenvalue weighted by Gasteiger charge is -2.51. The molecule has 2 aliphatic heterocycles. The molecule has 3 heterocycles. The molecule has 2 fully saturated rings. The van der Waals surface area contributed by atoms with Crippen molar-refractivity contribution in [2.45, 2.75) is 56.9 Å². The van der Waals surface area contributed by atoms with E-state index in [2.05, 4.69) is 4.98 Å². The second-order valence-electron chi connectivity index (χ2n) is 9.22. The Balaban J connectivity index is 1.45. The molecule has 1 aromatic heterocycles. The molecule has 172 valence electrons. The summed E-state index contributed by atoms with van der Waals surface area (Å²) in [5.74, 6) is -0.0286. The molecule has 2 atom stereocenters. The summed E-state index contributed by atoms with van der Waals surface area (Å²) in [5.41, 5.74) is 4.86. The highest BCUT2D eigenvalue weighted by molar-refractivity contribution is 5.94. The zero-order valence-corrected chi connectivity index (χ0v) is 18.5. The third-order valence-corrected chi connectivity index (χ3v) is 6.83. The zero-order valence-electron chi connectivity index (χ0n) is 18.5. The molecule has 4 rings (SSSR count). The van der Waals surface area contributed by atoms with Gasteiger partial charge in [0.15, 0.2) is 0 Å². The minimum atomic E-state index is -1.21. The summed E-state index contributed by atoms with van der Waals surface area (Å²) in [4.78, 5) is 41.0. The number of carbonyl (C=O) groups excluding carboxylic acids is 1. The molecule has 32 heavy (non-hydrogen) atoms. The fraction of sp³-hybridized carbons (Fsp3) is 0.522. The minimum absolute atomic E-state index is 0.0286. The van der Waals surface area contributed by atoms with Crippen molar-refractivity contribution < 1.29 is 14.6 Å². The first-order valence-electron chi connectivity index (χ1n) is 10.9. The summed E-state index contributed by atoms with van der Waals surface area (Å²) in [6, 6.07) is 6.70. The monoisotopic (exact) mass is 442 g/mol. The van der Waals surface area contributed by atoms with Crippen molar-refractivity contribution in [1.29, 1.82) is 0 Å². The number of piperidine rings is 1. The Labute approximate surface area is 185 Å². The van der Waals surface area contributed by atoms with Crippen molar-refractivity contribution in [2.24, 2.45) is 5.73 Å². The number of rotatable bonds is 3. The highest BCUT2D eigenvalue weighted by atomic mass is 16.5. The number of aryl methyl sites for hydroxylation is 1. The molecule has 9 heteroatoms. The number of likely N-dealkylation sites (tertiary alicyclic amines) is 1. The molecule has 1 spiro atoms. The third kappa shape index (κ3) is 4.15. The number of ether oxygens (including phenoxy) is 1. The van der Waals surface area contributed by atoms with Gasteiger partial charge in [-0.1, -0.05) is 12.1 Å². The number of aromatic amines is 1. The zero-order chi connectivity index (χ0) is 23.1. The predicted octanol–water partition coefficient (Wildman–Crippen LogP) is 0.691. The van der Waals surface area contributed by atoms with Gasteiger partial charge in [0.05, 0.1) is 23.9 Å². The average molecular weight is 443 g/mol. The number of aliphatic hydroxyl groups is 1. The van der Waals surface area contributed by atoms with E-state index in [0.717, 1.165) is 5.56 Å². The molecular weight excluding hydrogens is 412 g/mol. The van der Waals surface area contributed by atoms with Gasteiger partial charge in [0.1, 0.15) is 0 Å². The third-order valence-electron chi connectivity index (χ3n) is 6.83. The molecule has 0 unspecified atom stereocenters. The van der Waals surface area contributed by atoms with Crippen molar-refractivity contribution in [3.05, 3.63) is 68.0 Å². The van der Waals surface area contributed by atoms with E-state index < -0.39 is 28.5 Å². The number of nitrogens with one attached hydrogen (secondary N) is 1. The van der Waals surface area contributed by atoms with E-state index in [-0.39, 0.29) is 12.5 Å². The fourth-order valence-corrected chi connectivity index (χ4v) is 4.86. The number of nitrogens with zero attached hydrogens (tertiary/aromatic N) is 2. The standard InChI is InChI=1S/C23H30N4O5/c1-15-12-27(21(30)25-19(15)28)18-13-32-23(14-22(18,2)31)7-9-26(10-8-23)20(29)17-5-3-16(11-24)4-6-17/h3-6,12,18,31H,7-11,13-14,24H2,1-2H3,(H,25,28,30)/t18-,22-/m0/s1. The lowest BCUT2D eigenvalue weighted by molar-refractivity contribution is -0.195. The maximum absolute atomic E-state index is 12.9. The number of amides is 1. The van der Waals surface area contributed by atoms with Crippen LogP contribution in [0.2, 0.25) is 0 Å². The normalized spacial score (nSPS) is 25.1. The van der Waals surface area contributed by atoms with E-state index in [1.165, 1.54) is 10.8 Å². The predicted molar refractivity (Wildman–Crippen MR) is 118 cm³/mol. The Morgan fingerprint density at radius 1 is 1.25 bits per heavy atom. The largest absolute Gasteiger partial charge is 0.388 e. The van der Waals surface area contributed by atoms with Crippen molar-refractivity contribution in [3.8, 4) is 0 Å². The Morgan fingerprint density at radius 3 is 2.50 bits per heavy atom. The van der Waals surface area contributed by atoms with Gasteiger partial charge in [-0.25, -0.2) is 4.79 Å². The van der Waals surface area contributed by atoms with Gasteiger partial charge in [-0.05, 0) is 44.4 Å². The Hall–Kier alpha value is -2.75. The highest BCUT2D eigenvalue weighted by Crippen LogP contribution is 2.43. The number of hydrogen-bond acceptors (Lipinski definition) is 6. The average Bonchev–Trinajstić information content (AvgIpc) is 2.76. The molecule has 1 aromatic carbocycles. The molecule has 1 amide bonds. The number of nitrogens with two attached hydrogens (primary N) is 1. The van der Waals surface area contributed by atoms with E-state index in [1.807, 2.05) is 17.0 Å². The number of aromatic nitrogens is 2. The second kappa shape index (κ2) is 8.31. The summed E-state index contributed by atoms with van der Waals surface area (Å²) in [6.07, 6.45) is 3.01. The maximum Gasteiger partial charge on any atom is 0.328 e. The Kier molecular flexibility index (Phi) is 5.83. The fourth-order valence-electron chi connectivity index (χ4n) is 4.86. The van der Waals surface area contributed by atoms with Crippen molar-refractivity contribution >= 4 is 5.91 Å². The summed E-state index contributed by atoms with van der Waals surface area (Å²) in [7, 11) is 0. The molecule has 0 bridgehead atoms. The Morgan fingerprint density at radius 2 is 1.91 bits per heavy atom. The van der Waals surface area contributed by atoms with Gasteiger partial charge in [0.2, 0.25) is 0 Å². The van der Waals surface area contributed by atoms with E-state index in [1.54, 1.807) is 26.0 Å². The van der Waals surface area contributed by atoms with Crippen LogP contribution >= 0.6 is 0 Å². The van der Waals surface area contributed by atoms with Crippen LogP contribution in [-0.2, 0) is 11.3 Å². The van der Waals surface area contributed by atoms with Crippen molar-refractivity contribution in [1.82, 2.24) is 14.5 Å². The van der Waals surface area contributed by atoms with Crippen molar-refractivity contribution in [2.75, 3.05) is 19.7 Å². The van der Waals surface area contributed by atoms with Gasteiger partial charge < -0.3 is 20.5 Å². The highest BCUT2D eigenvalue weighted by Gasteiger charge is 2.50. The lowest BCUT2D eigenvalue weighted by atomic mass is 9.75. The number of hydrogen-bond donors (Lipinski definition) is 3. The topological polar surface area (TPSA) is 131 Å². The van der Waals surface area contributed by atoms with E-state index in [9.17, 15) is 19.5 Å². The van der Waals surface area contributed by atoms with Crippen LogP contribution < -0.4 is 17.0 Å². The van der Waals surface area contributed by atoms with E-state index in [0.29, 0.717) is 50.0 Å². The second-order valence-corrected chi connectivity index (χ2v) is 9.22. The van der Waals surface area contributed by atoms with E-state index in [4.69, 9.17) is 10.5 Å². The molecule has 0 radical (unpaired) electrons. The van der Waals surface area contributed by atoms with Gasteiger partial charge in [0.25, 0.3) is 11.5 Å². The minimum Gasteiger partial charge on any atom is -0.388 e. The van der Waals surface area contributed by atoms with Gasteiger partial charge in [-0.2, -0.15) is 0 Å². The molecule has 2 aromatic rings. The summed E-state index contributed by atoms with van der Waals surface area (Å²) < 4.78 is 7.59. The van der Waals surface area contributed by atoms with Gasteiger partial charge in [-0.15, -0.1) is 0 Å². The quantitative estimate of drug-likeness (QED) is 0.641. The molecule has 0 saturated carbocycles. The number of H-pyrrole nitrogens is 1. The first-order valence-corrected chi connectivity index (χ1v) is 10.9. The van der Waals surface area contributed by atoms with Crippen LogP contribution in [0, 0.1) is 6.92 Å². The van der Waals surface area contributed by atoms with Crippen LogP contribution in [0.3, 0.4) is 0 Å². The first-order chi connectivity index (χ1) is 15.1. The molecule has 9 nitrogen and oxygen atoms in total. The van der Waals surface area contributed by atoms with Gasteiger partial charge >= 0.3 is 5.69 Å². The van der Waals surface area contributed by atoms with Crippen LogP contribution in [0.4, 0.5) is 0 Å². The smallest absolute Gasteiger partial charge is 0.328 e. The summed E-state index contributed by atoms with van der Waals surface area (Å²) in [6.45, 7) is 4.94. The molecule has 2 saturated heterocycles. The number of benzene rings is 1. The SMILES string of the molecule is Cc1cn([C@H]2COC3(CCN(C(=O)c4ccc(CN)cc4)CC3)C[C@]2(C)O)c(=O)[nH]c1=O. The maximum atomic E-state index is 12.9. The summed E-state index contributed by atoms with van der Waals surface area (Å²) in [5, 5.41) is 11.3. The van der Waals surface area contributed by atoms with Crippen LogP contribution in [0.5, 0.6) is 0 Å². The number of carbonyl (C=O) groups is 1. The molecular formula is C23H30N4O5.